The van der Waals surface area contributed by atoms with Gasteiger partial charge in [0, 0.05) is 38.7 Å². The van der Waals surface area contributed by atoms with Crippen molar-refractivity contribution in [3.63, 3.8) is 0 Å². The van der Waals surface area contributed by atoms with Crippen LogP contribution in [0.1, 0.15) is 71.7 Å². The van der Waals surface area contributed by atoms with Crippen LogP contribution in [0.3, 0.4) is 0 Å². The van der Waals surface area contributed by atoms with Crippen LogP contribution in [0.15, 0.2) is 72.8 Å². The van der Waals surface area contributed by atoms with E-state index in [1.807, 2.05) is 51.1 Å². The summed E-state index contributed by atoms with van der Waals surface area (Å²) in [6.07, 6.45) is -4.45. The van der Waals surface area contributed by atoms with Gasteiger partial charge in [0.2, 0.25) is 5.91 Å². The highest BCUT2D eigenvalue weighted by Gasteiger charge is 2.49. The number of nitrogens with one attached hydrogen (secondary N) is 1. The first-order valence-corrected chi connectivity index (χ1v) is 19.5. The predicted octanol–water partition coefficient (Wildman–Crippen LogP) is 6.79. The summed E-state index contributed by atoms with van der Waals surface area (Å²) in [5.74, 6) is -3.61. The standard InChI is InChI=1S/C44H49F2N3O10/c1-25(50)57-36-24-55-42(39(59-27(3)52)38(36)58-26(2)51)49-35-21-31(46)18-19-33(35)34(37(49)29-14-16-30(45)17-15-29)22-32-13-10-20-48(32)41(53)40(44(4,5)6)47-43(54)56-23-28-11-8-7-9-12-28/h7-9,11-12,14-19,21,32,36,38-40,42H,10,13,20,22-24H2,1-6H3,(H,47,54)/t32-,36+,38-,39+,40+,42?/m0/s1. The van der Waals surface area contributed by atoms with E-state index < -0.39 is 77.7 Å². The summed E-state index contributed by atoms with van der Waals surface area (Å²) in [6, 6.07) is 17.6. The summed E-state index contributed by atoms with van der Waals surface area (Å²) in [5.41, 5.74) is 1.96. The molecular formula is C44H49F2N3O10. The number of nitrogens with zero attached hydrogens (tertiary/aromatic N) is 2. The Kier molecular flexibility index (Phi) is 13.0. The molecule has 0 spiro atoms. The van der Waals surface area contributed by atoms with Crippen molar-refractivity contribution >= 4 is 40.8 Å². The number of hydrogen-bond donors (Lipinski definition) is 1. The lowest BCUT2D eigenvalue weighted by Crippen LogP contribution is -2.56. The SMILES string of the molecule is CC(=O)O[C@H]1[C@H](OC(C)=O)COC(n2c(-c3ccc(F)cc3)c(C[C@@H]3CCCN3C(=O)[C@@H](NC(=O)OCc3ccccc3)C(C)(C)C)c3ccc(F)cc32)[C@@H]1OC(C)=O. The fourth-order valence-electron chi connectivity index (χ4n) is 7.96. The Balaban J connectivity index is 1.43. The minimum absolute atomic E-state index is 0.0238. The van der Waals surface area contributed by atoms with E-state index in [9.17, 15) is 28.4 Å². The van der Waals surface area contributed by atoms with Crippen molar-refractivity contribution in [2.45, 2.75) is 104 Å². The Hall–Kier alpha value is -5.83. The van der Waals surface area contributed by atoms with E-state index in [1.165, 1.54) is 31.2 Å². The Labute approximate surface area is 340 Å². The topological polar surface area (TPSA) is 152 Å². The molecule has 6 atom stereocenters. The number of aromatic nitrogens is 1. The second-order valence-electron chi connectivity index (χ2n) is 15.9. The maximum absolute atomic E-state index is 15.4. The molecule has 0 aliphatic carbocycles. The number of carbonyl (C=O) groups excluding carboxylic acids is 5. The molecule has 2 aliphatic heterocycles. The molecule has 59 heavy (non-hydrogen) atoms. The molecule has 2 aliphatic rings. The van der Waals surface area contributed by atoms with Gasteiger partial charge in [-0.2, -0.15) is 0 Å². The van der Waals surface area contributed by atoms with E-state index in [2.05, 4.69) is 5.32 Å². The number of alkyl carbamates (subject to hydrolysis) is 1. The highest BCUT2D eigenvalue weighted by atomic mass is 19.1. The number of carbonyl (C=O) groups is 5. The summed E-state index contributed by atoms with van der Waals surface area (Å²) in [4.78, 5) is 66.6. The van der Waals surface area contributed by atoms with Crippen molar-refractivity contribution in [3.8, 4) is 11.3 Å². The number of amides is 2. The summed E-state index contributed by atoms with van der Waals surface area (Å²) in [7, 11) is 0. The van der Waals surface area contributed by atoms with Gasteiger partial charge in [-0.3, -0.25) is 19.2 Å². The minimum atomic E-state index is -1.41. The third kappa shape index (κ3) is 9.90. The van der Waals surface area contributed by atoms with Crippen LogP contribution in [-0.2, 0) is 55.9 Å². The second kappa shape index (κ2) is 18.0. The molecule has 2 amide bonds. The van der Waals surface area contributed by atoms with Crippen LogP contribution in [0, 0.1) is 17.0 Å². The molecule has 1 unspecified atom stereocenters. The Morgan fingerprint density at radius 2 is 1.49 bits per heavy atom. The molecule has 0 radical (unpaired) electrons. The first-order valence-electron chi connectivity index (χ1n) is 19.5. The van der Waals surface area contributed by atoms with Gasteiger partial charge in [0.1, 0.15) is 24.3 Å². The first-order chi connectivity index (χ1) is 28.0. The fraction of sp³-hybridized carbons (Fsp3) is 0.432. The number of esters is 3. The van der Waals surface area contributed by atoms with Crippen molar-refractivity contribution in [1.29, 1.82) is 0 Å². The summed E-state index contributed by atoms with van der Waals surface area (Å²) < 4.78 is 60.2. The third-order valence-electron chi connectivity index (χ3n) is 10.5. The fourth-order valence-corrected chi connectivity index (χ4v) is 7.96. The van der Waals surface area contributed by atoms with Crippen LogP contribution in [0.4, 0.5) is 13.6 Å². The Morgan fingerprint density at radius 1 is 0.847 bits per heavy atom. The summed E-state index contributed by atoms with van der Waals surface area (Å²) >= 11 is 0. The van der Waals surface area contributed by atoms with Crippen molar-refractivity contribution < 1.29 is 56.4 Å². The molecule has 3 heterocycles. The molecule has 0 bridgehead atoms. The number of benzene rings is 3. The predicted molar refractivity (Wildman–Crippen MR) is 210 cm³/mol. The highest BCUT2D eigenvalue weighted by molar-refractivity contribution is 5.93. The highest BCUT2D eigenvalue weighted by Crippen LogP contribution is 2.43. The average Bonchev–Trinajstić information content (AvgIpc) is 3.76. The summed E-state index contributed by atoms with van der Waals surface area (Å²) in [6.45, 7) is 9.17. The first kappa shape index (κ1) is 42.8. The third-order valence-corrected chi connectivity index (χ3v) is 10.5. The van der Waals surface area contributed by atoms with Crippen LogP contribution < -0.4 is 5.32 Å². The van der Waals surface area contributed by atoms with Crippen LogP contribution in [-0.4, -0.2) is 82.9 Å². The summed E-state index contributed by atoms with van der Waals surface area (Å²) in [5, 5.41) is 3.37. The maximum atomic E-state index is 15.4. The molecule has 2 saturated heterocycles. The van der Waals surface area contributed by atoms with Gasteiger partial charge in [-0.15, -0.1) is 0 Å². The normalized spacial score (nSPS) is 21.1. The van der Waals surface area contributed by atoms with Crippen molar-refractivity contribution in [2.24, 2.45) is 5.41 Å². The molecule has 4 aromatic rings. The molecule has 1 aromatic heterocycles. The number of halogens is 2. The van der Waals surface area contributed by atoms with Gasteiger partial charge in [0.25, 0.3) is 0 Å². The molecule has 15 heteroatoms. The molecule has 0 saturated carbocycles. The van der Waals surface area contributed by atoms with Crippen molar-refractivity contribution in [3.05, 3.63) is 95.6 Å². The van der Waals surface area contributed by atoms with Gasteiger partial charge in [-0.25, -0.2) is 13.6 Å². The maximum Gasteiger partial charge on any atom is 0.408 e. The average molecular weight is 818 g/mol. The van der Waals surface area contributed by atoms with E-state index in [4.69, 9.17) is 23.7 Å². The zero-order valence-corrected chi connectivity index (χ0v) is 33.9. The largest absolute Gasteiger partial charge is 0.456 e. The second-order valence-corrected chi connectivity index (χ2v) is 15.9. The molecular weight excluding hydrogens is 768 g/mol. The van der Waals surface area contributed by atoms with Crippen molar-refractivity contribution in [1.82, 2.24) is 14.8 Å². The van der Waals surface area contributed by atoms with Crippen LogP contribution in [0.5, 0.6) is 0 Å². The molecule has 6 rings (SSSR count). The lowest BCUT2D eigenvalue weighted by atomic mass is 9.85. The zero-order valence-electron chi connectivity index (χ0n) is 33.9. The molecule has 2 fully saturated rings. The molecule has 13 nitrogen and oxygen atoms in total. The lowest BCUT2D eigenvalue weighted by Gasteiger charge is -2.41. The van der Waals surface area contributed by atoms with E-state index >= 15 is 4.39 Å². The monoisotopic (exact) mass is 817 g/mol. The number of hydrogen-bond acceptors (Lipinski definition) is 10. The van der Waals surface area contributed by atoms with Gasteiger partial charge in [0.05, 0.1) is 17.8 Å². The minimum Gasteiger partial charge on any atom is -0.456 e. The van der Waals surface area contributed by atoms with Gasteiger partial charge < -0.3 is 38.5 Å². The van der Waals surface area contributed by atoms with E-state index in [-0.39, 0.29) is 25.5 Å². The van der Waals surface area contributed by atoms with E-state index in [1.54, 1.807) is 27.7 Å². The Bertz CT molecular complexity index is 2190. The van der Waals surface area contributed by atoms with Gasteiger partial charge >= 0.3 is 24.0 Å². The number of likely N-dealkylation sites (tertiary alicyclic amines) is 1. The lowest BCUT2D eigenvalue weighted by molar-refractivity contribution is -0.238. The van der Waals surface area contributed by atoms with Gasteiger partial charge in [-0.05, 0) is 83.8 Å². The smallest absolute Gasteiger partial charge is 0.408 e. The molecule has 314 valence electrons. The van der Waals surface area contributed by atoms with Gasteiger partial charge in [0.15, 0.2) is 24.5 Å². The number of rotatable bonds is 11. The Morgan fingerprint density at radius 3 is 2.14 bits per heavy atom. The molecule has 3 aromatic carbocycles. The number of fused-ring (bicyclic) bond motifs is 1. The van der Waals surface area contributed by atoms with Gasteiger partial charge in [-0.1, -0.05) is 51.1 Å². The number of ether oxygens (including phenoxy) is 5. The van der Waals surface area contributed by atoms with Crippen LogP contribution in [0.25, 0.3) is 22.2 Å². The van der Waals surface area contributed by atoms with E-state index in [0.717, 1.165) is 19.4 Å². The zero-order chi connectivity index (χ0) is 42.6. The quantitative estimate of drug-likeness (QED) is 0.127. The van der Waals surface area contributed by atoms with Crippen LogP contribution >= 0.6 is 0 Å². The van der Waals surface area contributed by atoms with Crippen molar-refractivity contribution in [2.75, 3.05) is 13.2 Å². The van der Waals surface area contributed by atoms with Crippen LogP contribution in [0.2, 0.25) is 0 Å². The molecule has 1 N–H and O–H groups in total. The van der Waals surface area contributed by atoms with E-state index in [0.29, 0.717) is 47.1 Å².